The van der Waals surface area contributed by atoms with Crippen molar-refractivity contribution >= 4 is 10.0 Å². The number of benzene rings is 1. The molecule has 0 aliphatic heterocycles. The highest BCUT2D eigenvalue weighted by Gasteiger charge is 2.05. The third kappa shape index (κ3) is 5.14. The molecular weight excluding hydrogens is 245 g/mol. The van der Waals surface area contributed by atoms with E-state index in [9.17, 15) is 12.8 Å². The zero-order valence-electron chi connectivity index (χ0n) is 9.79. The Morgan fingerprint density at radius 2 is 2.24 bits per heavy atom. The van der Waals surface area contributed by atoms with Crippen molar-refractivity contribution in [3.05, 3.63) is 29.6 Å². The Morgan fingerprint density at radius 1 is 1.53 bits per heavy atom. The predicted octanol–water partition coefficient (Wildman–Crippen LogP) is 1.25. The fourth-order valence-corrected chi connectivity index (χ4v) is 1.70. The number of hydrogen-bond donors (Lipinski definition) is 1. The van der Waals surface area contributed by atoms with Crippen LogP contribution in [0.5, 0.6) is 5.75 Å². The molecule has 0 aliphatic carbocycles. The molecule has 0 heterocycles. The molecule has 0 atom stereocenters. The van der Waals surface area contributed by atoms with E-state index in [0.29, 0.717) is 12.0 Å². The fourth-order valence-electron chi connectivity index (χ4n) is 1.19. The smallest absolute Gasteiger partial charge is 0.208 e. The molecule has 0 unspecified atom stereocenters. The van der Waals surface area contributed by atoms with Crippen molar-refractivity contribution in [2.45, 2.75) is 13.3 Å². The second kappa shape index (κ2) is 5.97. The molecule has 0 fully saturated rings. The average molecular weight is 260 g/mol. The lowest BCUT2D eigenvalue weighted by Gasteiger charge is -2.08. The minimum atomic E-state index is -3.17. The van der Waals surface area contributed by atoms with Crippen LogP contribution in [0.15, 0.2) is 12.1 Å². The monoisotopic (exact) mass is 260 g/mol. The summed E-state index contributed by atoms with van der Waals surface area (Å²) in [6.07, 6.45) is 1.56. The molecule has 0 aromatic heterocycles. The van der Waals surface area contributed by atoms with Gasteiger partial charge in [0.1, 0.15) is 0 Å². The molecule has 0 aliphatic rings. The van der Waals surface area contributed by atoms with E-state index < -0.39 is 15.8 Å². The van der Waals surface area contributed by atoms with Crippen LogP contribution >= 0.6 is 0 Å². The molecule has 0 amide bonds. The minimum absolute atomic E-state index is 0.167. The van der Waals surface area contributed by atoms with Crippen LogP contribution < -0.4 is 9.46 Å². The first-order valence-corrected chi connectivity index (χ1v) is 7.03. The molecule has 0 saturated heterocycles. The zero-order chi connectivity index (χ0) is 12.9. The van der Waals surface area contributed by atoms with Crippen LogP contribution in [-0.4, -0.2) is 27.8 Å². The highest BCUT2D eigenvalue weighted by Crippen LogP contribution is 2.19. The average Bonchev–Trinajstić information content (AvgIpc) is 2.22. The minimum Gasteiger partial charge on any atom is -0.490 e. The van der Waals surface area contributed by atoms with Gasteiger partial charge in [-0.2, -0.15) is 0 Å². The van der Waals surface area contributed by atoms with Gasteiger partial charge >= 0.3 is 0 Å². The van der Waals surface area contributed by atoms with Gasteiger partial charge in [0, 0.05) is 6.54 Å². The second-order valence-electron chi connectivity index (χ2n) is 3.65. The molecule has 1 N–H and O–H groups in total. The lowest BCUT2D eigenvalue weighted by atomic mass is 10.2. The summed E-state index contributed by atoms with van der Waals surface area (Å²) in [4.78, 5) is 0. The number of ether oxygens (including phenoxy) is 1. The molecule has 0 spiro atoms. The van der Waals surface area contributed by atoms with Crippen LogP contribution in [0.3, 0.4) is 0 Å². The highest BCUT2D eigenvalue weighted by atomic mass is 32.2. The van der Waals surface area contributed by atoms with E-state index in [1.807, 2.05) is 0 Å². The van der Waals surface area contributed by atoms with Crippen molar-refractivity contribution in [2.24, 2.45) is 0 Å². The van der Waals surface area contributed by atoms with Crippen LogP contribution in [0.2, 0.25) is 0 Å². The first-order chi connectivity index (χ1) is 7.90. The number of sulfonamides is 1. The lowest BCUT2D eigenvalue weighted by Crippen LogP contribution is -2.24. The van der Waals surface area contributed by atoms with E-state index in [4.69, 9.17) is 4.74 Å². The van der Waals surface area contributed by atoms with E-state index in [0.717, 1.165) is 6.26 Å². The number of nitrogens with one attached hydrogen (secondary N) is 1. The summed E-state index contributed by atoms with van der Waals surface area (Å²) in [5.74, 6) is -0.260. The predicted molar refractivity (Wildman–Crippen MR) is 62.9 cm³/mol. The van der Waals surface area contributed by atoms with Crippen LogP contribution in [0.25, 0.3) is 0 Å². The number of halogens is 1. The Kier molecular flexibility index (Phi) is 4.89. The Balaban J connectivity index is 2.34. The summed E-state index contributed by atoms with van der Waals surface area (Å²) in [6.45, 7) is 2.13. The number of aryl methyl sites for hydroxylation is 1. The Labute approximate surface area is 101 Å². The van der Waals surface area contributed by atoms with Crippen molar-refractivity contribution in [1.29, 1.82) is 0 Å². The standard InChI is InChI=1S/C11H15FNO3S/c1-9-5-3-6-10(11(9)12)16-8-4-7-13-17(2,14)15/h3,6,13H,4,7-8H2,1-2H3. The van der Waals surface area contributed by atoms with Crippen molar-refractivity contribution in [3.63, 3.8) is 0 Å². The third-order valence-corrected chi connectivity index (χ3v) is 2.75. The summed E-state index contributed by atoms with van der Waals surface area (Å²) in [5.41, 5.74) is 0.400. The van der Waals surface area contributed by atoms with Crippen molar-refractivity contribution < 1.29 is 17.5 Å². The SMILES string of the molecule is Cc1[c]ccc(OCCCNS(C)(=O)=O)c1F. The molecule has 4 nitrogen and oxygen atoms in total. The van der Waals surface area contributed by atoms with E-state index >= 15 is 0 Å². The topological polar surface area (TPSA) is 55.4 Å². The fraction of sp³-hybridized carbons (Fsp3) is 0.455. The number of hydrogen-bond acceptors (Lipinski definition) is 3. The molecule has 1 aromatic rings. The van der Waals surface area contributed by atoms with Gasteiger partial charge in [-0.3, -0.25) is 0 Å². The first kappa shape index (κ1) is 13.9. The van der Waals surface area contributed by atoms with Gasteiger partial charge in [0.05, 0.1) is 12.9 Å². The summed E-state index contributed by atoms with van der Waals surface area (Å²) in [5, 5.41) is 0. The van der Waals surface area contributed by atoms with Crippen LogP contribution in [0, 0.1) is 18.8 Å². The summed E-state index contributed by atoms with van der Waals surface area (Å²) < 4.78 is 42.5. The second-order valence-corrected chi connectivity index (χ2v) is 5.48. The van der Waals surface area contributed by atoms with Crippen LogP contribution in [0.4, 0.5) is 4.39 Å². The third-order valence-electron chi connectivity index (χ3n) is 2.02. The van der Waals surface area contributed by atoms with Gasteiger partial charge < -0.3 is 4.74 Å². The molecular formula is C11H15FNO3S. The van der Waals surface area contributed by atoms with Crippen molar-refractivity contribution in [3.8, 4) is 5.75 Å². The van der Waals surface area contributed by atoms with E-state index in [2.05, 4.69) is 10.8 Å². The zero-order valence-corrected chi connectivity index (χ0v) is 10.6. The van der Waals surface area contributed by atoms with E-state index in [1.165, 1.54) is 6.07 Å². The Morgan fingerprint density at radius 3 is 2.88 bits per heavy atom. The van der Waals surface area contributed by atoms with Gasteiger partial charge in [-0.25, -0.2) is 17.5 Å². The molecule has 1 aromatic carbocycles. The Hall–Kier alpha value is -1.14. The van der Waals surface area contributed by atoms with Crippen molar-refractivity contribution in [2.75, 3.05) is 19.4 Å². The quantitative estimate of drug-likeness (QED) is 0.783. The first-order valence-electron chi connectivity index (χ1n) is 5.14. The summed E-state index contributed by atoms with van der Waals surface area (Å²) in [7, 11) is -3.17. The van der Waals surface area contributed by atoms with E-state index in [1.54, 1.807) is 13.0 Å². The van der Waals surface area contributed by atoms with Gasteiger partial charge in [-0.1, -0.05) is 6.07 Å². The molecule has 0 saturated carbocycles. The summed E-state index contributed by atoms with van der Waals surface area (Å²) in [6, 6.07) is 5.79. The largest absolute Gasteiger partial charge is 0.490 e. The molecule has 0 bridgehead atoms. The van der Waals surface area contributed by atoms with Gasteiger partial charge in [0.25, 0.3) is 0 Å². The summed E-state index contributed by atoms with van der Waals surface area (Å²) >= 11 is 0. The van der Waals surface area contributed by atoms with Crippen LogP contribution in [0.1, 0.15) is 12.0 Å². The molecule has 6 heteroatoms. The lowest BCUT2D eigenvalue weighted by molar-refractivity contribution is 0.295. The Bertz CT molecular complexity index is 474. The number of rotatable bonds is 6. The van der Waals surface area contributed by atoms with Gasteiger partial charge in [0.2, 0.25) is 10.0 Å². The maximum Gasteiger partial charge on any atom is 0.208 e. The molecule has 95 valence electrons. The van der Waals surface area contributed by atoms with E-state index in [-0.39, 0.29) is 18.9 Å². The molecule has 1 rings (SSSR count). The normalized spacial score (nSPS) is 11.5. The van der Waals surface area contributed by atoms with Crippen LogP contribution in [-0.2, 0) is 10.0 Å². The van der Waals surface area contributed by atoms with Gasteiger partial charge in [0.15, 0.2) is 11.6 Å². The molecule has 1 radical (unpaired) electrons. The maximum absolute atomic E-state index is 13.4. The van der Waals surface area contributed by atoms with Gasteiger partial charge in [-0.15, -0.1) is 0 Å². The van der Waals surface area contributed by atoms with Gasteiger partial charge in [-0.05, 0) is 31.0 Å². The maximum atomic E-state index is 13.4. The molecule has 17 heavy (non-hydrogen) atoms. The van der Waals surface area contributed by atoms with Crippen molar-refractivity contribution in [1.82, 2.24) is 4.72 Å². The highest BCUT2D eigenvalue weighted by molar-refractivity contribution is 7.88.